The molecule has 0 aromatic heterocycles. The van der Waals surface area contributed by atoms with Gasteiger partial charge in [-0.05, 0) is 48.9 Å². The number of aliphatic hydroxyl groups is 1. The molecule has 3 nitrogen and oxygen atoms in total. The minimum absolute atomic E-state index is 0.495. The number of hydrogen-bond acceptors (Lipinski definition) is 3. The van der Waals surface area contributed by atoms with Crippen LogP contribution < -0.4 is 4.74 Å². The second-order valence-corrected chi connectivity index (χ2v) is 7.70. The Morgan fingerprint density at radius 1 is 1.00 bits per heavy atom. The van der Waals surface area contributed by atoms with E-state index in [1.807, 2.05) is 12.1 Å². The van der Waals surface area contributed by atoms with Crippen molar-refractivity contribution in [2.75, 3.05) is 7.11 Å². The fourth-order valence-corrected chi connectivity index (χ4v) is 4.77. The summed E-state index contributed by atoms with van der Waals surface area (Å²) in [5, 5.41) is 11.3. The monoisotopic (exact) mass is 337 g/mol. The van der Waals surface area contributed by atoms with Gasteiger partial charge >= 0.3 is 0 Å². The highest BCUT2D eigenvalue weighted by atomic mass is 16.5. The molecule has 0 amide bonds. The van der Waals surface area contributed by atoms with Crippen LogP contribution in [0.4, 0.5) is 0 Å². The van der Waals surface area contributed by atoms with Crippen LogP contribution in [0, 0.1) is 0 Å². The smallest absolute Gasteiger partial charge is 0.119 e. The van der Waals surface area contributed by atoms with Gasteiger partial charge in [0.25, 0.3) is 0 Å². The van der Waals surface area contributed by atoms with Crippen molar-refractivity contribution in [2.45, 2.75) is 56.3 Å². The van der Waals surface area contributed by atoms with Crippen molar-refractivity contribution in [3.05, 3.63) is 65.7 Å². The fraction of sp³-hybridized carbons (Fsp3) is 0.455. The number of hydrogen-bond donors (Lipinski definition) is 1. The predicted octanol–water partition coefficient (Wildman–Crippen LogP) is 3.80. The molecule has 4 rings (SSSR count). The first-order chi connectivity index (χ1) is 12.1. The van der Waals surface area contributed by atoms with Gasteiger partial charge in [-0.1, -0.05) is 42.5 Å². The zero-order valence-corrected chi connectivity index (χ0v) is 14.9. The molecule has 0 aliphatic carbocycles. The summed E-state index contributed by atoms with van der Waals surface area (Å²) in [7, 11) is 1.69. The molecule has 2 saturated heterocycles. The maximum atomic E-state index is 11.3. The Bertz CT molecular complexity index is 701. The average molecular weight is 337 g/mol. The first kappa shape index (κ1) is 16.6. The molecular weight excluding hydrogens is 310 g/mol. The Hall–Kier alpha value is -1.84. The van der Waals surface area contributed by atoms with Crippen LogP contribution in [0.1, 0.15) is 36.8 Å². The third kappa shape index (κ3) is 3.58. The van der Waals surface area contributed by atoms with Crippen LogP contribution in [0.25, 0.3) is 0 Å². The maximum absolute atomic E-state index is 11.3. The standard InChI is InChI=1S/C22H27NO2/c1-25-21-9-5-8-18(12-21)13-22(24)14-19-10-11-20(15-22)23(19)16-17-6-3-2-4-7-17/h2-9,12,19-20,24H,10-11,13-16H2,1H3. The number of fused-ring (bicyclic) bond motifs is 2. The molecule has 132 valence electrons. The zero-order chi connectivity index (χ0) is 17.3. The minimum atomic E-state index is -0.592. The van der Waals surface area contributed by atoms with E-state index in [0.717, 1.165) is 37.1 Å². The fourth-order valence-electron chi connectivity index (χ4n) is 4.77. The molecule has 0 spiro atoms. The Balaban J connectivity index is 1.46. The Labute approximate surface area is 150 Å². The van der Waals surface area contributed by atoms with E-state index in [4.69, 9.17) is 4.74 Å². The van der Waals surface area contributed by atoms with E-state index >= 15 is 0 Å². The highest BCUT2D eigenvalue weighted by Crippen LogP contribution is 2.43. The number of nitrogens with zero attached hydrogens (tertiary/aromatic N) is 1. The van der Waals surface area contributed by atoms with Gasteiger partial charge in [-0.3, -0.25) is 4.90 Å². The van der Waals surface area contributed by atoms with Gasteiger partial charge in [0.05, 0.1) is 12.7 Å². The molecule has 2 bridgehead atoms. The second kappa shape index (κ2) is 6.81. The Morgan fingerprint density at radius 2 is 1.68 bits per heavy atom. The molecule has 2 heterocycles. The molecule has 2 aromatic carbocycles. The Kier molecular flexibility index (Phi) is 4.53. The third-order valence-corrected chi connectivity index (χ3v) is 5.88. The zero-order valence-electron chi connectivity index (χ0n) is 14.9. The van der Waals surface area contributed by atoms with Crippen LogP contribution >= 0.6 is 0 Å². The van der Waals surface area contributed by atoms with Crippen LogP contribution in [0.2, 0.25) is 0 Å². The summed E-state index contributed by atoms with van der Waals surface area (Å²) in [5.41, 5.74) is 1.95. The van der Waals surface area contributed by atoms with E-state index in [2.05, 4.69) is 47.4 Å². The summed E-state index contributed by atoms with van der Waals surface area (Å²) in [6.07, 6.45) is 4.87. The molecule has 2 unspecified atom stereocenters. The number of methoxy groups -OCH3 is 1. The quantitative estimate of drug-likeness (QED) is 0.901. The number of ether oxygens (including phenoxy) is 1. The lowest BCUT2D eigenvalue weighted by molar-refractivity contribution is -0.0540. The lowest BCUT2D eigenvalue weighted by Crippen LogP contribution is -2.51. The molecule has 2 aromatic rings. The summed E-state index contributed by atoms with van der Waals surface area (Å²) in [5.74, 6) is 0.866. The van der Waals surface area contributed by atoms with E-state index in [1.54, 1.807) is 7.11 Å². The molecule has 2 aliphatic heterocycles. The van der Waals surface area contributed by atoms with Gasteiger partial charge in [0, 0.05) is 25.0 Å². The molecular formula is C22H27NO2. The largest absolute Gasteiger partial charge is 0.497 e. The number of piperidine rings is 1. The van der Waals surface area contributed by atoms with Crippen molar-refractivity contribution in [2.24, 2.45) is 0 Å². The third-order valence-electron chi connectivity index (χ3n) is 5.88. The predicted molar refractivity (Wildman–Crippen MR) is 99.7 cm³/mol. The van der Waals surface area contributed by atoms with Crippen LogP contribution in [0.15, 0.2) is 54.6 Å². The number of rotatable bonds is 5. The van der Waals surface area contributed by atoms with Gasteiger partial charge in [0.15, 0.2) is 0 Å². The lowest BCUT2D eigenvalue weighted by Gasteiger charge is -2.44. The molecule has 2 aliphatic rings. The second-order valence-electron chi connectivity index (χ2n) is 7.70. The van der Waals surface area contributed by atoms with Gasteiger partial charge in [-0.15, -0.1) is 0 Å². The van der Waals surface area contributed by atoms with Crippen LogP contribution in [0.5, 0.6) is 5.75 Å². The van der Waals surface area contributed by atoms with Gasteiger partial charge in [-0.25, -0.2) is 0 Å². The first-order valence-corrected chi connectivity index (χ1v) is 9.30. The van der Waals surface area contributed by atoms with Gasteiger partial charge in [0.2, 0.25) is 0 Å². The number of benzene rings is 2. The molecule has 2 atom stereocenters. The SMILES string of the molecule is COc1cccc(CC2(O)CC3CCC(C2)N3Cc2ccccc2)c1. The molecule has 3 heteroatoms. The summed E-state index contributed by atoms with van der Waals surface area (Å²) in [6.45, 7) is 1.01. The van der Waals surface area contributed by atoms with E-state index < -0.39 is 5.60 Å². The summed E-state index contributed by atoms with van der Waals surface area (Å²) >= 11 is 0. The van der Waals surface area contributed by atoms with Crippen molar-refractivity contribution in [3.63, 3.8) is 0 Å². The molecule has 1 N–H and O–H groups in total. The van der Waals surface area contributed by atoms with E-state index in [1.165, 1.54) is 18.4 Å². The van der Waals surface area contributed by atoms with Gasteiger partial charge < -0.3 is 9.84 Å². The lowest BCUT2D eigenvalue weighted by atomic mass is 9.81. The van der Waals surface area contributed by atoms with Crippen LogP contribution in [-0.2, 0) is 13.0 Å². The summed E-state index contributed by atoms with van der Waals surface area (Å²) < 4.78 is 5.33. The normalized spacial score (nSPS) is 28.9. The van der Waals surface area contributed by atoms with Crippen molar-refractivity contribution < 1.29 is 9.84 Å². The van der Waals surface area contributed by atoms with Gasteiger partial charge in [0.1, 0.15) is 5.75 Å². The van der Waals surface area contributed by atoms with E-state index in [9.17, 15) is 5.11 Å². The van der Waals surface area contributed by atoms with Crippen LogP contribution in [0.3, 0.4) is 0 Å². The van der Waals surface area contributed by atoms with Crippen LogP contribution in [-0.4, -0.2) is 34.8 Å². The maximum Gasteiger partial charge on any atom is 0.119 e. The first-order valence-electron chi connectivity index (χ1n) is 9.30. The van der Waals surface area contributed by atoms with E-state index in [-0.39, 0.29) is 0 Å². The highest BCUT2D eigenvalue weighted by Gasteiger charge is 2.47. The molecule has 2 fully saturated rings. The van der Waals surface area contributed by atoms with Crippen molar-refractivity contribution in [3.8, 4) is 5.75 Å². The molecule has 25 heavy (non-hydrogen) atoms. The van der Waals surface area contributed by atoms with Gasteiger partial charge in [-0.2, -0.15) is 0 Å². The van der Waals surface area contributed by atoms with Crippen molar-refractivity contribution in [1.29, 1.82) is 0 Å². The molecule has 0 radical (unpaired) electrons. The minimum Gasteiger partial charge on any atom is -0.497 e. The highest BCUT2D eigenvalue weighted by molar-refractivity contribution is 5.30. The average Bonchev–Trinajstić information content (AvgIpc) is 2.87. The topological polar surface area (TPSA) is 32.7 Å². The van der Waals surface area contributed by atoms with Crippen molar-refractivity contribution in [1.82, 2.24) is 4.90 Å². The molecule has 0 saturated carbocycles. The van der Waals surface area contributed by atoms with Crippen molar-refractivity contribution >= 4 is 0 Å². The van der Waals surface area contributed by atoms with E-state index in [0.29, 0.717) is 12.1 Å². The Morgan fingerprint density at radius 3 is 2.36 bits per heavy atom. The summed E-state index contributed by atoms with van der Waals surface area (Å²) in [4.78, 5) is 2.62. The summed E-state index contributed by atoms with van der Waals surface area (Å²) in [6, 6.07) is 19.8.